The van der Waals surface area contributed by atoms with E-state index in [-0.39, 0.29) is 5.54 Å². The molecule has 0 amide bonds. The highest BCUT2D eigenvalue weighted by Crippen LogP contribution is 2.20. The van der Waals surface area contributed by atoms with Crippen LogP contribution in [0, 0.1) is 5.92 Å². The van der Waals surface area contributed by atoms with Gasteiger partial charge in [-0.15, -0.1) is 0 Å². The Morgan fingerprint density at radius 2 is 1.86 bits per heavy atom. The van der Waals surface area contributed by atoms with Crippen LogP contribution >= 0.6 is 0 Å². The molecule has 1 atom stereocenters. The standard InChI is InChI=1S/C10H24BNO2/c1-9(2)8-10(3,12)6-4-5-7-11(13)14/h9,13-14H,4-8,12H2,1-3H3. The molecule has 3 nitrogen and oxygen atoms in total. The average Bonchev–Trinajstić information content (AvgIpc) is 1.95. The molecule has 0 aliphatic heterocycles. The number of unbranched alkanes of at least 4 members (excludes halogenated alkanes) is 1. The molecule has 0 radical (unpaired) electrons. The van der Waals surface area contributed by atoms with Crippen LogP contribution in [0.3, 0.4) is 0 Å². The molecule has 0 aromatic carbocycles. The first-order chi connectivity index (χ1) is 6.33. The van der Waals surface area contributed by atoms with Crippen molar-refractivity contribution >= 4 is 7.12 Å². The summed E-state index contributed by atoms with van der Waals surface area (Å²) in [6.45, 7) is 6.41. The van der Waals surface area contributed by atoms with Crippen molar-refractivity contribution in [3.63, 3.8) is 0 Å². The average molecular weight is 201 g/mol. The van der Waals surface area contributed by atoms with Crippen molar-refractivity contribution in [1.82, 2.24) is 0 Å². The fraction of sp³-hybridized carbons (Fsp3) is 1.00. The van der Waals surface area contributed by atoms with Gasteiger partial charge in [0, 0.05) is 5.54 Å². The Hall–Kier alpha value is -0.0551. The predicted octanol–water partition coefficient (Wildman–Crippen LogP) is 1.39. The molecule has 0 fully saturated rings. The van der Waals surface area contributed by atoms with Crippen molar-refractivity contribution in [3.05, 3.63) is 0 Å². The highest BCUT2D eigenvalue weighted by atomic mass is 16.4. The van der Waals surface area contributed by atoms with Crippen molar-refractivity contribution < 1.29 is 10.0 Å². The van der Waals surface area contributed by atoms with Crippen LogP contribution in [0.15, 0.2) is 0 Å². The maximum Gasteiger partial charge on any atom is 0.451 e. The Morgan fingerprint density at radius 1 is 1.29 bits per heavy atom. The van der Waals surface area contributed by atoms with Crippen LogP contribution in [-0.4, -0.2) is 22.7 Å². The lowest BCUT2D eigenvalue weighted by Gasteiger charge is -2.26. The van der Waals surface area contributed by atoms with E-state index in [1.807, 2.05) is 0 Å². The van der Waals surface area contributed by atoms with Gasteiger partial charge in [-0.3, -0.25) is 0 Å². The molecule has 0 rings (SSSR count). The Bertz CT molecular complexity index is 149. The summed E-state index contributed by atoms with van der Waals surface area (Å²) in [7, 11) is -1.16. The minimum Gasteiger partial charge on any atom is -0.427 e. The fourth-order valence-corrected chi connectivity index (χ4v) is 1.89. The minimum absolute atomic E-state index is 0.103. The topological polar surface area (TPSA) is 66.5 Å². The van der Waals surface area contributed by atoms with Gasteiger partial charge in [-0.1, -0.05) is 26.7 Å². The molecule has 4 heteroatoms. The van der Waals surface area contributed by atoms with Gasteiger partial charge >= 0.3 is 7.12 Å². The zero-order valence-electron chi connectivity index (χ0n) is 9.66. The largest absolute Gasteiger partial charge is 0.451 e. The summed E-state index contributed by atoms with van der Waals surface area (Å²) < 4.78 is 0. The molecule has 4 N–H and O–H groups in total. The second-order valence-corrected chi connectivity index (χ2v) is 4.98. The molecule has 0 aromatic rings. The second-order valence-electron chi connectivity index (χ2n) is 4.98. The van der Waals surface area contributed by atoms with Crippen molar-refractivity contribution in [3.8, 4) is 0 Å². The summed E-state index contributed by atoms with van der Waals surface area (Å²) in [6.07, 6.45) is 4.24. The van der Waals surface area contributed by atoms with Crippen LogP contribution in [0.5, 0.6) is 0 Å². The summed E-state index contributed by atoms with van der Waals surface area (Å²) in [4.78, 5) is 0. The van der Waals surface area contributed by atoms with Gasteiger partial charge in [0.15, 0.2) is 0 Å². The van der Waals surface area contributed by atoms with Gasteiger partial charge in [0.05, 0.1) is 0 Å². The second kappa shape index (κ2) is 6.43. The molecule has 1 unspecified atom stereocenters. The molecular weight excluding hydrogens is 177 g/mol. The molecule has 0 aliphatic carbocycles. The van der Waals surface area contributed by atoms with Gasteiger partial charge in [0.2, 0.25) is 0 Å². The minimum atomic E-state index is -1.16. The lowest BCUT2D eigenvalue weighted by atomic mass is 9.81. The Kier molecular flexibility index (Phi) is 6.41. The van der Waals surface area contributed by atoms with Gasteiger partial charge in [0.1, 0.15) is 0 Å². The van der Waals surface area contributed by atoms with Gasteiger partial charge in [0.25, 0.3) is 0 Å². The van der Waals surface area contributed by atoms with Gasteiger partial charge in [-0.2, -0.15) is 0 Å². The van der Waals surface area contributed by atoms with Crippen LogP contribution in [0.1, 0.15) is 46.5 Å². The summed E-state index contributed by atoms with van der Waals surface area (Å²) >= 11 is 0. The van der Waals surface area contributed by atoms with Gasteiger partial charge in [-0.05, 0) is 32.0 Å². The van der Waals surface area contributed by atoms with E-state index in [1.165, 1.54) is 0 Å². The third-order valence-electron chi connectivity index (χ3n) is 2.33. The quantitative estimate of drug-likeness (QED) is 0.430. The molecule has 0 bridgehead atoms. The van der Waals surface area contributed by atoms with Gasteiger partial charge < -0.3 is 15.8 Å². The monoisotopic (exact) mass is 201 g/mol. The summed E-state index contributed by atoms with van der Waals surface area (Å²) in [5, 5.41) is 17.3. The van der Waals surface area contributed by atoms with E-state index in [2.05, 4.69) is 20.8 Å². The Morgan fingerprint density at radius 3 is 2.29 bits per heavy atom. The maximum atomic E-state index is 8.65. The van der Waals surface area contributed by atoms with E-state index in [1.54, 1.807) is 0 Å². The lowest BCUT2D eigenvalue weighted by molar-refractivity contribution is 0.335. The zero-order chi connectivity index (χ0) is 11.2. The van der Waals surface area contributed by atoms with E-state index in [4.69, 9.17) is 15.8 Å². The first-order valence-electron chi connectivity index (χ1n) is 5.48. The SMILES string of the molecule is CC(C)CC(C)(N)CCCCB(O)O. The fourth-order valence-electron chi connectivity index (χ4n) is 1.89. The normalized spacial score (nSPS) is 15.6. The van der Waals surface area contributed by atoms with Gasteiger partial charge in [-0.25, -0.2) is 0 Å². The summed E-state index contributed by atoms with van der Waals surface area (Å²) in [5.74, 6) is 0.619. The van der Waals surface area contributed by atoms with Crippen LogP contribution in [0.2, 0.25) is 6.32 Å². The molecule has 0 saturated carbocycles. The smallest absolute Gasteiger partial charge is 0.427 e. The lowest BCUT2D eigenvalue weighted by Crippen LogP contribution is -2.37. The summed E-state index contributed by atoms with van der Waals surface area (Å²) in [5.41, 5.74) is 6.01. The van der Waals surface area contributed by atoms with Crippen molar-refractivity contribution in [2.24, 2.45) is 11.7 Å². The molecule has 14 heavy (non-hydrogen) atoms. The summed E-state index contributed by atoms with van der Waals surface area (Å²) in [6, 6.07) is 0. The third-order valence-corrected chi connectivity index (χ3v) is 2.33. The van der Waals surface area contributed by atoms with E-state index in [0.29, 0.717) is 12.2 Å². The molecule has 0 aliphatic rings. The van der Waals surface area contributed by atoms with Crippen LogP contribution in [0.25, 0.3) is 0 Å². The molecule has 84 valence electrons. The molecule has 0 heterocycles. The number of hydrogen-bond donors (Lipinski definition) is 3. The highest BCUT2D eigenvalue weighted by molar-refractivity contribution is 6.40. The van der Waals surface area contributed by atoms with Crippen LogP contribution in [0.4, 0.5) is 0 Å². The molecule has 0 aromatic heterocycles. The van der Waals surface area contributed by atoms with Crippen molar-refractivity contribution in [1.29, 1.82) is 0 Å². The third kappa shape index (κ3) is 8.54. The maximum absolute atomic E-state index is 8.65. The predicted molar refractivity (Wildman–Crippen MR) is 60.9 cm³/mol. The van der Waals surface area contributed by atoms with Crippen LogP contribution in [-0.2, 0) is 0 Å². The molecule has 0 saturated heterocycles. The highest BCUT2D eigenvalue weighted by Gasteiger charge is 2.19. The van der Waals surface area contributed by atoms with E-state index < -0.39 is 7.12 Å². The number of hydrogen-bond acceptors (Lipinski definition) is 3. The molecule has 0 spiro atoms. The van der Waals surface area contributed by atoms with E-state index in [0.717, 1.165) is 25.7 Å². The zero-order valence-corrected chi connectivity index (χ0v) is 9.66. The van der Waals surface area contributed by atoms with Crippen molar-refractivity contribution in [2.75, 3.05) is 0 Å². The van der Waals surface area contributed by atoms with Crippen LogP contribution < -0.4 is 5.73 Å². The molecular formula is C10H24BNO2. The van der Waals surface area contributed by atoms with Crippen molar-refractivity contribution in [2.45, 2.75) is 58.3 Å². The Balaban J connectivity index is 3.55. The first kappa shape index (κ1) is 13.9. The van der Waals surface area contributed by atoms with E-state index >= 15 is 0 Å². The Labute approximate surface area is 87.8 Å². The number of rotatable bonds is 7. The first-order valence-corrected chi connectivity index (χ1v) is 5.48. The van der Waals surface area contributed by atoms with E-state index in [9.17, 15) is 0 Å². The number of nitrogens with two attached hydrogens (primary N) is 1.